The second-order valence-corrected chi connectivity index (χ2v) is 6.02. The van der Waals surface area contributed by atoms with E-state index >= 15 is 0 Å². The maximum Gasteiger partial charge on any atom is 0.329 e. The van der Waals surface area contributed by atoms with Crippen LogP contribution in [0.4, 0.5) is 17.5 Å². The molecule has 10 heteroatoms. The number of hydrogen-bond acceptors (Lipinski definition) is 8. The maximum atomic E-state index is 11.4. The van der Waals surface area contributed by atoms with Crippen LogP contribution in [0.3, 0.4) is 0 Å². The summed E-state index contributed by atoms with van der Waals surface area (Å²) in [6.07, 6.45) is 3.28. The Balaban J connectivity index is 1.66. The van der Waals surface area contributed by atoms with Crippen LogP contribution in [-0.4, -0.2) is 71.5 Å². The van der Waals surface area contributed by atoms with E-state index in [1.165, 1.54) is 6.20 Å². The molecule has 1 aliphatic carbocycles. The third-order valence-electron chi connectivity index (χ3n) is 4.17. The quantitative estimate of drug-likeness (QED) is 0.543. The highest BCUT2D eigenvalue weighted by Gasteiger charge is 2.28. The molecule has 1 aromatic heterocycles. The van der Waals surface area contributed by atoms with Crippen LogP contribution in [0.5, 0.6) is 0 Å². The van der Waals surface area contributed by atoms with Gasteiger partial charge in [0, 0.05) is 39.3 Å². The zero-order valence-corrected chi connectivity index (χ0v) is 13.6. The van der Waals surface area contributed by atoms with Gasteiger partial charge < -0.3 is 15.5 Å². The number of amides is 1. The minimum atomic E-state index is -0.463. The van der Waals surface area contributed by atoms with Gasteiger partial charge in [-0.3, -0.25) is 19.8 Å². The fraction of sp³-hybridized carbons (Fsp3) is 0.643. The summed E-state index contributed by atoms with van der Waals surface area (Å²) in [7, 11) is 1.62. The zero-order valence-electron chi connectivity index (χ0n) is 13.6. The van der Waals surface area contributed by atoms with Crippen molar-refractivity contribution in [2.75, 3.05) is 50.0 Å². The molecule has 24 heavy (non-hydrogen) atoms. The molecule has 1 saturated heterocycles. The van der Waals surface area contributed by atoms with Crippen molar-refractivity contribution in [1.29, 1.82) is 0 Å². The minimum absolute atomic E-state index is 0.00837. The van der Waals surface area contributed by atoms with Crippen molar-refractivity contribution >= 4 is 23.4 Å². The summed E-state index contributed by atoms with van der Waals surface area (Å²) in [5, 5.41) is 16.8. The highest BCUT2D eigenvalue weighted by molar-refractivity contribution is 5.77. The number of likely N-dealkylation sites (N-methyl/N-ethyl adjacent to an activating group) is 1. The molecular weight excluding hydrogens is 314 g/mol. The van der Waals surface area contributed by atoms with E-state index in [-0.39, 0.29) is 17.6 Å². The molecule has 130 valence electrons. The monoisotopic (exact) mass is 335 g/mol. The molecule has 0 atom stereocenters. The molecule has 1 amide bonds. The second kappa shape index (κ2) is 6.95. The Morgan fingerprint density at radius 1 is 1.38 bits per heavy atom. The molecule has 0 bridgehead atoms. The molecular formula is C14H21N7O3. The van der Waals surface area contributed by atoms with E-state index in [0.717, 1.165) is 25.9 Å². The van der Waals surface area contributed by atoms with Crippen molar-refractivity contribution in [2.45, 2.75) is 18.9 Å². The number of nitrogens with zero attached hydrogens (tertiary/aromatic N) is 5. The van der Waals surface area contributed by atoms with Crippen LogP contribution in [0.25, 0.3) is 0 Å². The zero-order chi connectivity index (χ0) is 17.1. The number of nitro groups is 1. The molecule has 1 saturated carbocycles. The number of rotatable bonds is 6. The third kappa shape index (κ3) is 3.88. The topological polar surface area (TPSA) is 117 Å². The number of piperazine rings is 1. The summed E-state index contributed by atoms with van der Waals surface area (Å²) in [6, 6.07) is 0.274. The van der Waals surface area contributed by atoms with Gasteiger partial charge in [-0.05, 0) is 12.8 Å². The molecule has 0 unspecified atom stereocenters. The Labute approximate surface area is 139 Å². The molecule has 3 rings (SSSR count). The van der Waals surface area contributed by atoms with E-state index in [0.29, 0.717) is 31.4 Å². The summed E-state index contributed by atoms with van der Waals surface area (Å²) >= 11 is 0. The van der Waals surface area contributed by atoms with E-state index in [9.17, 15) is 14.9 Å². The van der Waals surface area contributed by atoms with Gasteiger partial charge in [0.1, 0.15) is 6.20 Å². The summed E-state index contributed by atoms with van der Waals surface area (Å²) in [6.45, 7) is 3.17. The summed E-state index contributed by atoms with van der Waals surface area (Å²) in [4.78, 5) is 34.6. The van der Waals surface area contributed by atoms with E-state index in [2.05, 4.69) is 25.5 Å². The molecule has 2 N–H and O–H groups in total. The summed E-state index contributed by atoms with van der Waals surface area (Å²) < 4.78 is 0. The largest absolute Gasteiger partial charge is 0.361 e. The first-order valence-corrected chi connectivity index (χ1v) is 8.02. The van der Waals surface area contributed by atoms with Gasteiger partial charge >= 0.3 is 5.69 Å². The van der Waals surface area contributed by atoms with Crippen LogP contribution in [0.2, 0.25) is 0 Å². The van der Waals surface area contributed by atoms with Crippen molar-refractivity contribution < 1.29 is 9.72 Å². The average Bonchev–Trinajstić information content (AvgIpc) is 3.39. The van der Waals surface area contributed by atoms with Gasteiger partial charge in [0.25, 0.3) is 0 Å². The first-order chi connectivity index (χ1) is 11.6. The molecule has 0 spiro atoms. The van der Waals surface area contributed by atoms with Gasteiger partial charge in [-0.25, -0.2) is 4.98 Å². The van der Waals surface area contributed by atoms with Crippen LogP contribution in [0.1, 0.15) is 12.8 Å². The Morgan fingerprint density at radius 3 is 2.67 bits per heavy atom. The van der Waals surface area contributed by atoms with Crippen LogP contribution < -0.4 is 15.5 Å². The Kier molecular flexibility index (Phi) is 4.74. The number of nitrogens with one attached hydrogen (secondary N) is 2. The standard InChI is InChI=1S/C14H21N7O3/c1-15-12(22)9-19-4-6-20(7-5-19)14-16-8-11(21(23)24)13(18-14)17-10-2-3-10/h8,10H,2-7,9H2,1H3,(H,15,22)(H,16,17,18). The number of anilines is 2. The van der Waals surface area contributed by atoms with Crippen molar-refractivity contribution in [2.24, 2.45) is 0 Å². The fourth-order valence-corrected chi connectivity index (χ4v) is 2.57. The highest BCUT2D eigenvalue weighted by atomic mass is 16.6. The lowest BCUT2D eigenvalue weighted by Crippen LogP contribution is -2.49. The molecule has 0 aromatic carbocycles. The van der Waals surface area contributed by atoms with Gasteiger partial charge in [-0.2, -0.15) is 4.98 Å². The van der Waals surface area contributed by atoms with Crippen molar-refractivity contribution in [3.63, 3.8) is 0 Å². The Hall–Kier alpha value is -2.49. The highest BCUT2D eigenvalue weighted by Crippen LogP contribution is 2.30. The van der Waals surface area contributed by atoms with Gasteiger partial charge in [-0.1, -0.05) is 0 Å². The first kappa shape index (κ1) is 16.4. The number of carbonyl (C=O) groups is 1. The summed E-state index contributed by atoms with van der Waals surface area (Å²) in [5.41, 5.74) is -0.0936. The van der Waals surface area contributed by atoms with Gasteiger partial charge in [0.2, 0.25) is 17.7 Å². The third-order valence-corrected chi connectivity index (χ3v) is 4.17. The Morgan fingerprint density at radius 2 is 2.08 bits per heavy atom. The van der Waals surface area contributed by atoms with E-state index in [4.69, 9.17) is 0 Å². The normalized spacial score (nSPS) is 18.3. The van der Waals surface area contributed by atoms with Gasteiger partial charge in [0.05, 0.1) is 11.5 Å². The molecule has 10 nitrogen and oxygen atoms in total. The lowest BCUT2D eigenvalue weighted by Gasteiger charge is -2.34. The summed E-state index contributed by atoms with van der Waals surface area (Å²) in [5.74, 6) is 0.773. The van der Waals surface area contributed by atoms with Crippen LogP contribution >= 0.6 is 0 Å². The molecule has 2 heterocycles. The van der Waals surface area contributed by atoms with Gasteiger partial charge in [-0.15, -0.1) is 0 Å². The Bertz CT molecular complexity index is 627. The number of aromatic nitrogens is 2. The molecule has 1 aromatic rings. The smallest absolute Gasteiger partial charge is 0.329 e. The van der Waals surface area contributed by atoms with E-state index in [1.54, 1.807) is 7.05 Å². The minimum Gasteiger partial charge on any atom is -0.361 e. The van der Waals surface area contributed by atoms with Crippen LogP contribution in [-0.2, 0) is 4.79 Å². The lowest BCUT2D eigenvalue weighted by molar-refractivity contribution is -0.384. The SMILES string of the molecule is CNC(=O)CN1CCN(c2ncc([N+](=O)[O-])c(NC3CC3)n2)CC1. The van der Waals surface area contributed by atoms with E-state index in [1.807, 2.05) is 4.90 Å². The molecule has 0 radical (unpaired) electrons. The average molecular weight is 335 g/mol. The van der Waals surface area contributed by atoms with Crippen LogP contribution in [0.15, 0.2) is 6.20 Å². The van der Waals surface area contributed by atoms with Crippen molar-refractivity contribution in [3.8, 4) is 0 Å². The predicted octanol–water partition coefficient (Wildman–Crippen LogP) is -0.173. The first-order valence-electron chi connectivity index (χ1n) is 8.02. The van der Waals surface area contributed by atoms with Gasteiger partial charge in [0.15, 0.2) is 0 Å². The fourth-order valence-electron chi connectivity index (χ4n) is 2.57. The number of carbonyl (C=O) groups excluding carboxylic acids is 1. The lowest BCUT2D eigenvalue weighted by atomic mass is 10.3. The molecule has 1 aliphatic heterocycles. The van der Waals surface area contributed by atoms with Crippen molar-refractivity contribution in [1.82, 2.24) is 20.2 Å². The second-order valence-electron chi connectivity index (χ2n) is 6.02. The predicted molar refractivity (Wildman–Crippen MR) is 88.1 cm³/mol. The maximum absolute atomic E-state index is 11.4. The van der Waals surface area contributed by atoms with Crippen molar-refractivity contribution in [3.05, 3.63) is 16.3 Å². The molecule has 2 fully saturated rings. The number of hydrogen-bond donors (Lipinski definition) is 2. The van der Waals surface area contributed by atoms with Crippen LogP contribution in [0, 0.1) is 10.1 Å². The van der Waals surface area contributed by atoms with E-state index < -0.39 is 4.92 Å². The molecule has 2 aliphatic rings.